The summed E-state index contributed by atoms with van der Waals surface area (Å²) in [7, 11) is 0. The smallest absolute Gasteiger partial charge is 0.326 e. The number of amides is 1. The van der Waals surface area contributed by atoms with Crippen molar-refractivity contribution >= 4 is 23.6 Å². The van der Waals surface area contributed by atoms with Gasteiger partial charge in [-0.3, -0.25) is 4.79 Å². The lowest BCUT2D eigenvalue weighted by Gasteiger charge is -2.23. The van der Waals surface area contributed by atoms with Gasteiger partial charge in [0.2, 0.25) is 5.91 Å². The van der Waals surface area contributed by atoms with Crippen LogP contribution in [0.3, 0.4) is 0 Å². The van der Waals surface area contributed by atoms with Crippen molar-refractivity contribution in [3.63, 3.8) is 0 Å². The monoisotopic (exact) mass is 290 g/mol. The van der Waals surface area contributed by atoms with Gasteiger partial charge in [0, 0.05) is 6.42 Å². The molecule has 0 heterocycles. The molecule has 0 aromatic rings. The Balaban J connectivity index is 4.16. The Hall–Kier alpha value is -0.750. The molecule has 0 unspecified atom stereocenters. The van der Waals surface area contributed by atoms with Gasteiger partial charge >= 0.3 is 5.97 Å². The molecule has 0 aliphatic carbocycles. The molecule has 0 fully saturated rings. The summed E-state index contributed by atoms with van der Waals surface area (Å²) in [6.45, 7) is 4.73. The van der Waals surface area contributed by atoms with Gasteiger partial charge < -0.3 is 16.2 Å². The van der Waals surface area contributed by atoms with Crippen molar-refractivity contribution < 1.29 is 14.7 Å². The molecule has 0 aromatic heterocycles. The van der Waals surface area contributed by atoms with E-state index >= 15 is 0 Å². The third-order valence-corrected chi connectivity index (χ3v) is 3.74. The van der Waals surface area contributed by atoms with Gasteiger partial charge in [-0.05, 0) is 43.2 Å². The number of thioether (sulfide) groups is 1. The van der Waals surface area contributed by atoms with Gasteiger partial charge in [0.15, 0.2) is 0 Å². The summed E-state index contributed by atoms with van der Waals surface area (Å²) in [6, 6.07) is -0.780. The lowest BCUT2D eigenvalue weighted by Crippen LogP contribution is -2.41. The van der Waals surface area contributed by atoms with E-state index in [1.165, 1.54) is 0 Å². The highest BCUT2D eigenvalue weighted by Gasteiger charge is 2.22. The van der Waals surface area contributed by atoms with Crippen LogP contribution in [0.4, 0.5) is 0 Å². The van der Waals surface area contributed by atoms with Gasteiger partial charge in [0.25, 0.3) is 0 Å². The van der Waals surface area contributed by atoms with E-state index in [0.29, 0.717) is 25.8 Å². The summed E-state index contributed by atoms with van der Waals surface area (Å²) in [5, 5.41) is 11.6. The van der Waals surface area contributed by atoms with Crippen LogP contribution in [0.5, 0.6) is 0 Å². The zero-order valence-corrected chi connectivity index (χ0v) is 12.9. The fraction of sp³-hybridized carbons (Fsp3) is 0.846. The van der Waals surface area contributed by atoms with E-state index in [-0.39, 0.29) is 11.3 Å². The van der Waals surface area contributed by atoms with Crippen molar-refractivity contribution in [3.8, 4) is 0 Å². The minimum absolute atomic E-state index is 0.0179. The molecule has 0 saturated carbocycles. The minimum Gasteiger partial charge on any atom is -0.480 e. The van der Waals surface area contributed by atoms with E-state index in [2.05, 4.69) is 19.2 Å². The van der Waals surface area contributed by atoms with E-state index in [1.54, 1.807) is 11.8 Å². The molecule has 0 radical (unpaired) electrons. The first-order valence-corrected chi connectivity index (χ1v) is 7.93. The molecule has 0 saturated heterocycles. The molecular weight excluding hydrogens is 264 g/mol. The maximum absolute atomic E-state index is 11.8. The summed E-state index contributed by atoms with van der Waals surface area (Å²) in [5.74, 6) is -0.446. The molecule has 1 atom stereocenters. The predicted octanol–water partition coefficient (Wildman–Crippen LogP) is 1.46. The summed E-state index contributed by atoms with van der Waals surface area (Å²) in [5.41, 5.74) is 5.53. The average molecular weight is 290 g/mol. The highest BCUT2D eigenvalue weighted by atomic mass is 32.2. The van der Waals surface area contributed by atoms with Crippen LogP contribution in [-0.4, -0.2) is 41.6 Å². The van der Waals surface area contributed by atoms with E-state index in [9.17, 15) is 9.59 Å². The Morgan fingerprint density at radius 2 is 2.00 bits per heavy atom. The van der Waals surface area contributed by atoms with Crippen LogP contribution in [0.2, 0.25) is 0 Å². The van der Waals surface area contributed by atoms with Crippen molar-refractivity contribution in [2.75, 3.05) is 18.6 Å². The molecule has 112 valence electrons. The lowest BCUT2D eigenvalue weighted by molar-refractivity contribution is -0.141. The van der Waals surface area contributed by atoms with Gasteiger partial charge in [-0.25, -0.2) is 4.79 Å². The van der Waals surface area contributed by atoms with Crippen LogP contribution in [0.1, 0.15) is 39.5 Å². The van der Waals surface area contributed by atoms with E-state index in [1.807, 2.05) is 6.26 Å². The van der Waals surface area contributed by atoms with Crippen molar-refractivity contribution in [1.29, 1.82) is 0 Å². The minimum atomic E-state index is -0.969. The lowest BCUT2D eigenvalue weighted by atomic mass is 9.84. The Morgan fingerprint density at radius 1 is 1.37 bits per heavy atom. The average Bonchev–Trinajstić information content (AvgIpc) is 2.31. The fourth-order valence-electron chi connectivity index (χ4n) is 1.73. The molecular formula is C13H26N2O3S. The van der Waals surface area contributed by atoms with Crippen molar-refractivity contribution in [2.24, 2.45) is 11.1 Å². The quantitative estimate of drug-likeness (QED) is 0.566. The number of nitrogens with two attached hydrogens (primary N) is 1. The van der Waals surface area contributed by atoms with Crippen LogP contribution in [0.25, 0.3) is 0 Å². The number of carboxylic acids is 1. The number of hydrogen-bond acceptors (Lipinski definition) is 4. The molecule has 6 heteroatoms. The van der Waals surface area contributed by atoms with Crippen LogP contribution in [0, 0.1) is 5.41 Å². The molecule has 0 rings (SSSR count). The van der Waals surface area contributed by atoms with Crippen LogP contribution < -0.4 is 11.1 Å². The van der Waals surface area contributed by atoms with Crippen LogP contribution in [-0.2, 0) is 9.59 Å². The molecule has 1 amide bonds. The SMILES string of the molecule is CSCC[C@@H](NC(=O)CCC(C)(C)CCN)C(=O)O. The predicted molar refractivity (Wildman–Crippen MR) is 79.3 cm³/mol. The Labute approximate surface area is 119 Å². The third-order valence-electron chi connectivity index (χ3n) is 3.09. The maximum atomic E-state index is 11.8. The van der Waals surface area contributed by atoms with Crippen molar-refractivity contribution in [2.45, 2.75) is 45.6 Å². The summed E-state index contributed by atoms with van der Waals surface area (Å²) >= 11 is 1.57. The highest BCUT2D eigenvalue weighted by molar-refractivity contribution is 7.98. The Kier molecular flexibility index (Phi) is 8.84. The first-order chi connectivity index (χ1) is 8.82. The number of aliphatic carboxylic acids is 1. The number of carbonyl (C=O) groups excluding carboxylic acids is 1. The zero-order valence-electron chi connectivity index (χ0n) is 12.1. The Bertz CT molecular complexity index is 296. The van der Waals surface area contributed by atoms with Gasteiger partial charge in [-0.2, -0.15) is 11.8 Å². The molecule has 19 heavy (non-hydrogen) atoms. The molecule has 4 N–H and O–H groups in total. The third kappa shape index (κ3) is 8.88. The Morgan fingerprint density at radius 3 is 2.47 bits per heavy atom. The van der Waals surface area contributed by atoms with E-state index in [0.717, 1.165) is 12.2 Å². The topological polar surface area (TPSA) is 92.4 Å². The highest BCUT2D eigenvalue weighted by Crippen LogP contribution is 2.25. The van der Waals surface area contributed by atoms with Gasteiger partial charge in [-0.1, -0.05) is 13.8 Å². The van der Waals surface area contributed by atoms with Crippen molar-refractivity contribution in [3.05, 3.63) is 0 Å². The number of carboxylic acid groups (broad SMARTS) is 1. The molecule has 5 nitrogen and oxygen atoms in total. The maximum Gasteiger partial charge on any atom is 0.326 e. The van der Waals surface area contributed by atoms with Crippen molar-refractivity contribution in [1.82, 2.24) is 5.32 Å². The zero-order chi connectivity index (χ0) is 14.9. The molecule has 0 aliphatic rings. The number of nitrogens with one attached hydrogen (secondary N) is 1. The molecule has 0 bridgehead atoms. The second-order valence-electron chi connectivity index (χ2n) is 5.44. The summed E-state index contributed by atoms with van der Waals surface area (Å²) < 4.78 is 0. The first kappa shape index (κ1) is 18.2. The number of hydrogen-bond donors (Lipinski definition) is 3. The second-order valence-corrected chi connectivity index (χ2v) is 6.43. The summed E-state index contributed by atoms with van der Waals surface area (Å²) in [4.78, 5) is 22.8. The molecule has 0 spiro atoms. The van der Waals surface area contributed by atoms with Gasteiger partial charge in [0.1, 0.15) is 6.04 Å². The largest absolute Gasteiger partial charge is 0.480 e. The van der Waals surface area contributed by atoms with Crippen LogP contribution in [0.15, 0.2) is 0 Å². The first-order valence-electron chi connectivity index (χ1n) is 6.53. The van der Waals surface area contributed by atoms with Gasteiger partial charge in [-0.15, -0.1) is 0 Å². The normalized spacial score (nSPS) is 13.1. The summed E-state index contributed by atoms with van der Waals surface area (Å²) in [6.07, 6.45) is 4.28. The van der Waals surface area contributed by atoms with Gasteiger partial charge in [0.05, 0.1) is 0 Å². The second kappa shape index (κ2) is 9.20. The van der Waals surface area contributed by atoms with E-state index in [4.69, 9.17) is 10.8 Å². The standard InChI is InChI=1S/C13H26N2O3S/c1-13(2,7-8-14)6-4-11(16)15-10(12(17)18)5-9-19-3/h10H,4-9,14H2,1-3H3,(H,15,16)(H,17,18)/t10-/m1/s1. The van der Waals surface area contributed by atoms with E-state index < -0.39 is 12.0 Å². The number of carbonyl (C=O) groups is 2. The molecule has 0 aliphatic heterocycles. The molecule has 0 aromatic carbocycles. The fourth-order valence-corrected chi connectivity index (χ4v) is 2.20. The van der Waals surface area contributed by atoms with Crippen LogP contribution >= 0.6 is 11.8 Å². The number of rotatable bonds is 10.